The van der Waals surface area contributed by atoms with Gasteiger partial charge in [-0.05, 0) is 52.8 Å². The van der Waals surface area contributed by atoms with E-state index < -0.39 is 0 Å². The molecule has 0 unspecified atom stereocenters. The van der Waals surface area contributed by atoms with Crippen LogP contribution in [0.25, 0.3) is 0 Å². The van der Waals surface area contributed by atoms with Gasteiger partial charge in [-0.1, -0.05) is 12.1 Å². The third-order valence-corrected chi connectivity index (χ3v) is 3.58. The van der Waals surface area contributed by atoms with Gasteiger partial charge in [0.25, 0.3) is 0 Å². The van der Waals surface area contributed by atoms with Crippen LogP contribution in [0.5, 0.6) is 5.75 Å². The molecule has 2 aromatic rings. The van der Waals surface area contributed by atoms with Gasteiger partial charge in [0.2, 0.25) is 0 Å². The van der Waals surface area contributed by atoms with Crippen molar-refractivity contribution in [3.63, 3.8) is 0 Å². The van der Waals surface area contributed by atoms with E-state index >= 15 is 0 Å². The summed E-state index contributed by atoms with van der Waals surface area (Å²) in [4.78, 5) is 0. The highest BCUT2D eigenvalue weighted by Crippen LogP contribution is 2.24. The average molecular weight is 372 g/mol. The zero-order valence-electron chi connectivity index (χ0n) is 10.2. The number of phenols is 1. The number of anilines is 2. The molecule has 0 aliphatic carbocycles. The number of nitrogen functional groups attached to an aromatic ring is 1. The predicted molar refractivity (Wildman–Crippen MR) is 83.8 cm³/mol. The lowest BCUT2D eigenvalue weighted by atomic mass is 10.1. The van der Waals surface area contributed by atoms with E-state index in [1.807, 2.05) is 34.7 Å². The summed E-state index contributed by atoms with van der Waals surface area (Å²) < 4.78 is 13.9. The van der Waals surface area contributed by atoms with Gasteiger partial charge < -0.3 is 16.2 Å². The van der Waals surface area contributed by atoms with Crippen molar-refractivity contribution in [3.05, 3.63) is 51.3 Å². The Balaban J connectivity index is 1.96. The first-order valence-electron chi connectivity index (χ1n) is 5.82. The molecule has 0 fully saturated rings. The van der Waals surface area contributed by atoms with E-state index in [-0.39, 0.29) is 11.6 Å². The van der Waals surface area contributed by atoms with Crippen LogP contribution in [0.15, 0.2) is 36.4 Å². The Hall–Kier alpha value is -1.50. The number of aromatic hydroxyl groups is 1. The Morgan fingerprint density at radius 2 is 1.89 bits per heavy atom. The van der Waals surface area contributed by atoms with Gasteiger partial charge in [0.05, 0.1) is 14.9 Å². The van der Waals surface area contributed by atoms with Gasteiger partial charge in [0.1, 0.15) is 11.6 Å². The maximum absolute atomic E-state index is 13.4. The van der Waals surface area contributed by atoms with Crippen LogP contribution >= 0.6 is 22.6 Å². The van der Waals surface area contributed by atoms with Crippen LogP contribution in [0.2, 0.25) is 0 Å². The predicted octanol–water partition coefficient (Wildman–Crippen LogP) is 3.37. The lowest BCUT2D eigenvalue weighted by Gasteiger charge is -2.10. The molecule has 3 nitrogen and oxygen atoms in total. The molecule has 0 aliphatic heterocycles. The number of benzene rings is 2. The van der Waals surface area contributed by atoms with Gasteiger partial charge in [0, 0.05) is 12.6 Å². The number of nitrogens with one attached hydrogen (secondary N) is 1. The molecule has 100 valence electrons. The van der Waals surface area contributed by atoms with Crippen molar-refractivity contribution < 1.29 is 9.50 Å². The molecule has 2 rings (SSSR count). The minimum atomic E-state index is -0.276. The topological polar surface area (TPSA) is 58.3 Å². The maximum Gasteiger partial charge on any atom is 0.138 e. The van der Waals surface area contributed by atoms with E-state index in [4.69, 9.17) is 5.73 Å². The molecule has 19 heavy (non-hydrogen) atoms. The summed E-state index contributed by atoms with van der Waals surface area (Å²) in [6.07, 6.45) is 0.771. The number of phenolic OH excluding ortho intramolecular Hbond substituents is 1. The van der Waals surface area contributed by atoms with Crippen LogP contribution in [0.3, 0.4) is 0 Å². The molecular formula is C14H14FIN2O. The summed E-state index contributed by atoms with van der Waals surface area (Å²) in [5.41, 5.74) is 8.06. The lowest BCUT2D eigenvalue weighted by Crippen LogP contribution is -2.07. The molecule has 0 bridgehead atoms. The van der Waals surface area contributed by atoms with Gasteiger partial charge in [0.15, 0.2) is 0 Å². The molecule has 0 atom stereocenters. The molecule has 0 saturated heterocycles. The van der Waals surface area contributed by atoms with E-state index in [0.29, 0.717) is 21.5 Å². The Morgan fingerprint density at radius 1 is 1.21 bits per heavy atom. The quantitative estimate of drug-likeness (QED) is 0.570. The first-order chi connectivity index (χ1) is 9.06. The molecule has 5 heteroatoms. The molecule has 0 heterocycles. The number of nitrogens with two attached hydrogens (primary N) is 1. The van der Waals surface area contributed by atoms with Crippen molar-refractivity contribution in [2.45, 2.75) is 6.42 Å². The van der Waals surface area contributed by atoms with Crippen LogP contribution in [-0.4, -0.2) is 11.7 Å². The standard InChI is InChI=1S/C14H14FIN2O/c15-11-7-14(13(17)8-12(11)16)18-6-5-9-1-3-10(19)4-2-9/h1-4,7-8,18-19H,5-6,17H2. The van der Waals surface area contributed by atoms with Gasteiger partial charge in [-0.3, -0.25) is 0 Å². The van der Waals surface area contributed by atoms with Gasteiger partial charge >= 0.3 is 0 Å². The fourth-order valence-electron chi connectivity index (χ4n) is 1.72. The van der Waals surface area contributed by atoms with Crippen LogP contribution in [-0.2, 0) is 6.42 Å². The summed E-state index contributed by atoms with van der Waals surface area (Å²) in [5.74, 6) is -0.0254. The largest absolute Gasteiger partial charge is 0.508 e. The second-order valence-corrected chi connectivity index (χ2v) is 5.36. The highest BCUT2D eigenvalue weighted by atomic mass is 127. The zero-order chi connectivity index (χ0) is 13.8. The summed E-state index contributed by atoms with van der Waals surface area (Å²) in [7, 11) is 0. The maximum atomic E-state index is 13.4. The SMILES string of the molecule is Nc1cc(I)c(F)cc1NCCc1ccc(O)cc1. The van der Waals surface area contributed by atoms with E-state index in [2.05, 4.69) is 5.32 Å². The van der Waals surface area contributed by atoms with Gasteiger partial charge in [-0.15, -0.1) is 0 Å². The Bertz CT molecular complexity index is 572. The minimum Gasteiger partial charge on any atom is -0.508 e. The average Bonchev–Trinajstić information content (AvgIpc) is 2.38. The van der Waals surface area contributed by atoms with Crippen molar-refractivity contribution in [2.24, 2.45) is 0 Å². The summed E-state index contributed by atoms with van der Waals surface area (Å²) in [6.45, 7) is 0.648. The second kappa shape index (κ2) is 6.10. The zero-order valence-corrected chi connectivity index (χ0v) is 12.3. The fourth-order valence-corrected chi connectivity index (χ4v) is 2.21. The van der Waals surface area contributed by atoms with Crippen molar-refractivity contribution in [3.8, 4) is 5.75 Å². The molecule has 2 aromatic carbocycles. The Kier molecular flexibility index (Phi) is 4.47. The molecule has 0 aromatic heterocycles. The van der Waals surface area contributed by atoms with Gasteiger partial charge in [-0.25, -0.2) is 4.39 Å². The van der Waals surface area contributed by atoms with Crippen molar-refractivity contribution in [2.75, 3.05) is 17.6 Å². The lowest BCUT2D eigenvalue weighted by molar-refractivity contribution is 0.475. The van der Waals surface area contributed by atoms with Crippen molar-refractivity contribution >= 4 is 34.0 Å². The normalized spacial score (nSPS) is 10.4. The van der Waals surface area contributed by atoms with Crippen LogP contribution < -0.4 is 11.1 Å². The van der Waals surface area contributed by atoms with E-state index in [0.717, 1.165) is 12.0 Å². The van der Waals surface area contributed by atoms with Crippen molar-refractivity contribution in [1.29, 1.82) is 0 Å². The summed E-state index contributed by atoms with van der Waals surface area (Å²) >= 11 is 1.91. The van der Waals surface area contributed by atoms with Crippen LogP contribution in [0.1, 0.15) is 5.56 Å². The van der Waals surface area contributed by atoms with E-state index in [1.54, 1.807) is 18.2 Å². The molecular weight excluding hydrogens is 358 g/mol. The first-order valence-corrected chi connectivity index (χ1v) is 6.90. The third kappa shape index (κ3) is 3.73. The molecule has 0 spiro atoms. The highest BCUT2D eigenvalue weighted by molar-refractivity contribution is 14.1. The van der Waals surface area contributed by atoms with Crippen LogP contribution in [0, 0.1) is 9.39 Å². The fraction of sp³-hybridized carbons (Fsp3) is 0.143. The summed E-state index contributed by atoms with van der Waals surface area (Å²) in [5, 5.41) is 12.3. The molecule has 0 amide bonds. The van der Waals surface area contributed by atoms with Crippen LogP contribution in [0.4, 0.5) is 15.8 Å². The monoisotopic (exact) mass is 372 g/mol. The molecule has 4 N–H and O–H groups in total. The van der Waals surface area contributed by atoms with Crippen molar-refractivity contribution in [1.82, 2.24) is 0 Å². The molecule has 0 saturated carbocycles. The van der Waals surface area contributed by atoms with E-state index in [1.165, 1.54) is 6.07 Å². The highest BCUT2D eigenvalue weighted by Gasteiger charge is 2.05. The number of hydrogen-bond donors (Lipinski definition) is 3. The van der Waals surface area contributed by atoms with Gasteiger partial charge in [-0.2, -0.15) is 0 Å². The Labute approximate surface area is 124 Å². The Morgan fingerprint density at radius 3 is 2.58 bits per heavy atom. The minimum absolute atomic E-state index is 0.251. The third-order valence-electron chi connectivity index (χ3n) is 2.76. The number of rotatable bonds is 4. The second-order valence-electron chi connectivity index (χ2n) is 4.20. The first kappa shape index (κ1) is 13.9. The molecule has 0 radical (unpaired) electrons. The summed E-state index contributed by atoms with van der Waals surface area (Å²) in [6, 6.07) is 10.0. The molecule has 0 aliphatic rings. The van der Waals surface area contributed by atoms with E-state index in [9.17, 15) is 9.50 Å². The number of halogens is 2. The number of hydrogen-bond acceptors (Lipinski definition) is 3. The smallest absolute Gasteiger partial charge is 0.138 e.